The van der Waals surface area contributed by atoms with Gasteiger partial charge in [0.1, 0.15) is 0 Å². The molecule has 6 heteroatoms. The molecule has 0 fully saturated rings. The molecule has 0 unspecified atom stereocenters. The van der Waals surface area contributed by atoms with E-state index in [1.807, 2.05) is 18.2 Å². The van der Waals surface area contributed by atoms with Crippen LogP contribution in [0.3, 0.4) is 0 Å². The van der Waals surface area contributed by atoms with Gasteiger partial charge in [-0.05, 0) is 36.4 Å². The molecule has 0 radical (unpaired) electrons. The number of anilines is 1. The van der Waals surface area contributed by atoms with Crippen LogP contribution >= 0.6 is 11.6 Å². The molecule has 26 heavy (non-hydrogen) atoms. The number of hydrogen-bond donors (Lipinski definition) is 0. The standard InChI is InChI=1S/C20H15ClN2O3/c21-14-7-5-13(6-8-14)19-11-15(22-26-19)12-20(25)23-10-9-18(24)16-3-1-2-4-17(16)23/h1-8,11H,9-10,12H2. The zero-order chi connectivity index (χ0) is 18.1. The maximum atomic E-state index is 12.7. The van der Waals surface area contributed by atoms with Gasteiger partial charge in [-0.1, -0.05) is 28.9 Å². The van der Waals surface area contributed by atoms with Crippen molar-refractivity contribution in [3.8, 4) is 11.3 Å². The van der Waals surface area contributed by atoms with Gasteiger partial charge in [0.15, 0.2) is 11.5 Å². The first-order valence-electron chi connectivity index (χ1n) is 8.26. The number of benzene rings is 2. The van der Waals surface area contributed by atoms with Crippen molar-refractivity contribution in [3.05, 3.63) is 70.9 Å². The number of aromatic nitrogens is 1. The predicted octanol–water partition coefficient (Wildman–Crippen LogP) is 4.16. The van der Waals surface area contributed by atoms with Crippen LogP contribution in [-0.4, -0.2) is 23.4 Å². The Morgan fingerprint density at radius 2 is 1.92 bits per heavy atom. The summed E-state index contributed by atoms with van der Waals surface area (Å²) in [7, 11) is 0. The molecule has 130 valence electrons. The van der Waals surface area contributed by atoms with Crippen molar-refractivity contribution in [1.82, 2.24) is 5.16 Å². The highest BCUT2D eigenvalue weighted by Crippen LogP contribution is 2.28. The first kappa shape index (κ1) is 16.5. The molecule has 1 aliphatic rings. The predicted molar refractivity (Wildman–Crippen MR) is 98.4 cm³/mol. The number of nitrogens with zero attached hydrogens (tertiary/aromatic N) is 2. The lowest BCUT2D eigenvalue weighted by Crippen LogP contribution is -2.38. The van der Waals surface area contributed by atoms with E-state index in [4.69, 9.17) is 16.1 Å². The second kappa shape index (κ2) is 6.77. The molecule has 2 aromatic carbocycles. The highest BCUT2D eigenvalue weighted by atomic mass is 35.5. The lowest BCUT2D eigenvalue weighted by Gasteiger charge is -2.28. The van der Waals surface area contributed by atoms with Crippen molar-refractivity contribution in [2.75, 3.05) is 11.4 Å². The highest BCUT2D eigenvalue weighted by molar-refractivity contribution is 6.30. The van der Waals surface area contributed by atoms with Crippen LogP contribution in [0, 0.1) is 0 Å². The lowest BCUT2D eigenvalue weighted by atomic mass is 10.00. The van der Waals surface area contributed by atoms with Crippen LogP contribution in [0.4, 0.5) is 5.69 Å². The number of carbonyl (C=O) groups is 2. The molecule has 0 aliphatic carbocycles. The molecule has 0 saturated carbocycles. The van der Waals surface area contributed by atoms with Crippen LogP contribution in [0.1, 0.15) is 22.5 Å². The van der Waals surface area contributed by atoms with Gasteiger partial charge in [-0.15, -0.1) is 0 Å². The molecule has 3 aromatic rings. The first-order valence-corrected chi connectivity index (χ1v) is 8.64. The Morgan fingerprint density at radius 1 is 1.15 bits per heavy atom. The fraction of sp³-hybridized carbons (Fsp3) is 0.150. The number of rotatable bonds is 3. The Hall–Kier alpha value is -2.92. The van der Waals surface area contributed by atoms with E-state index in [0.717, 1.165) is 5.56 Å². The summed E-state index contributed by atoms with van der Waals surface area (Å²) in [5, 5.41) is 4.64. The summed E-state index contributed by atoms with van der Waals surface area (Å²) < 4.78 is 5.35. The Balaban J connectivity index is 1.53. The van der Waals surface area contributed by atoms with Crippen LogP contribution in [0.15, 0.2) is 59.1 Å². The summed E-state index contributed by atoms with van der Waals surface area (Å²) in [5.41, 5.74) is 2.65. The molecule has 0 bridgehead atoms. The van der Waals surface area contributed by atoms with Gasteiger partial charge in [0.2, 0.25) is 5.91 Å². The van der Waals surface area contributed by atoms with E-state index in [9.17, 15) is 9.59 Å². The number of Topliss-reactive ketones (excluding diaryl/α,β-unsaturated/α-hetero) is 1. The highest BCUT2D eigenvalue weighted by Gasteiger charge is 2.27. The first-order chi connectivity index (χ1) is 12.6. The second-order valence-electron chi connectivity index (χ2n) is 6.10. The molecule has 4 rings (SSSR count). The van der Waals surface area contributed by atoms with Crippen LogP contribution in [-0.2, 0) is 11.2 Å². The van der Waals surface area contributed by atoms with Crippen molar-refractivity contribution in [3.63, 3.8) is 0 Å². The van der Waals surface area contributed by atoms with Gasteiger partial charge in [0.05, 0.1) is 17.8 Å². The summed E-state index contributed by atoms with van der Waals surface area (Å²) in [6.45, 7) is 0.385. The third-order valence-corrected chi connectivity index (χ3v) is 4.63. The Bertz CT molecular complexity index is 979. The number of amides is 1. The molecule has 0 spiro atoms. The van der Waals surface area contributed by atoms with E-state index < -0.39 is 0 Å². The largest absolute Gasteiger partial charge is 0.356 e. The van der Waals surface area contributed by atoms with Crippen LogP contribution < -0.4 is 4.90 Å². The normalized spacial score (nSPS) is 13.6. The Labute approximate surface area is 155 Å². The molecular formula is C20H15ClN2O3. The van der Waals surface area contributed by atoms with Gasteiger partial charge in [-0.2, -0.15) is 0 Å². The SMILES string of the molecule is O=C1CCN(C(=O)Cc2cc(-c3ccc(Cl)cc3)on2)c2ccccc21. The third kappa shape index (κ3) is 3.13. The van der Waals surface area contributed by atoms with Crippen molar-refractivity contribution in [2.45, 2.75) is 12.8 Å². The minimum Gasteiger partial charge on any atom is -0.356 e. The fourth-order valence-electron chi connectivity index (χ4n) is 3.07. The monoisotopic (exact) mass is 366 g/mol. The van der Waals surface area contributed by atoms with Crippen molar-refractivity contribution in [1.29, 1.82) is 0 Å². The van der Waals surface area contributed by atoms with E-state index >= 15 is 0 Å². The number of ketones is 1. The number of carbonyl (C=O) groups excluding carboxylic acids is 2. The molecule has 5 nitrogen and oxygen atoms in total. The van der Waals surface area contributed by atoms with Crippen LogP contribution in [0.25, 0.3) is 11.3 Å². The molecular weight excluding hydrogens is 352 g/mol. The molecule has 0 N–H and O–H groups in total. The molecule has 0 saturated heterocycles. The molecule has 1 aliphatic heterocycles. The number of fused-ring (bicyclic) bond motifs is 1. The van der Waals surface area contributed by atoms with E-state index in [0.29, 0.717) is 40.7 Å². The maximum Gasteiger partial charge on any atom is 0.233 e. The average molecular weight is 367 g/mol. The molecule has 1 aromatic heterocycles. The lowest BCUT2D eigenvalue weighted by molar-refractivity contribution is -0.118. The minimum absolute atomic E-state index is 0.0658. The minimum atomic E-state index is -0.110. The van der Waals surface area contributed by atoms with Crippen LogP contribution in [0.5, 0.6) is 0 Å². The summed E-state index contributed by atoms with van der Waals surface area (Å²) >= 11 is 5.89. The van der Waals surface area contributed by atoms with E-state index in [-0.39, 0.29) is 18.1 Å². The number of para-hydroxylation sites is 1. The fourth-order valence-corrected chi connectivity index (χ4v) is 3.19. The zero-order valence-electron chi connectivity index (χ0n) is 13.8. The Morgan fingerprint density at radius 3 is 2.73 bits per heavy atom. The van der Waals surface area contributed by atoms with Gasteiger partial charge in [0.25, 0.3) is 0 Å². The molecule has 1 amide bonds. The maximum absolute atomic E-state index is 12.7. The summed E-state index contributed by atoms with van der Waals surface area (Å²) in [5.74, 6) is 0.538. The Kier molecular flexibility index (Phi) is 4.31. The van der Waals surface area contributed by atoms with Gasteiger partial charge in [-0.3, -0.25) is 9.59 Å². The number of hydrogen-bond acceptors (Lipinski definition) is 4. The second-order valence-corrected chi connectivity index (χ2v) is 6.54. The van der Waals surface area contributed by atoms with E-state index in [2.05, 4.69) is 5.16 Å². The quantitative estimate of drug-likeness (QED) is 0.698. The smallest absolute Gasteiger partial charge is 0.233 e. The van der Waals surface area contributed by atoms with Crippen molar-refractivity contribution >= 4 is 29.0 Å². The van der Waals surface area contributed by atoms with Crippen molar-refractivity contribution in [2.24, 2.45) is 0 Å². The van der Waals surface area contributed by atoms with E-state index in [1.165, 1.54) is 0 Å². The number of halogens is 1. The van der Waals surface area contributed by atoms with Gasteiger partial charge >= 0.3 is 0 Å². The van der Waals surface area contributed by atoms with Crippen LogP contribution in [0.2, 0.25) is 5.02 Å². The van der Waals surface area contributed by atoms with Gasteiger partial charge in [0, 0.05) is 35.2 Å². The van der Waals surface area contributed by atoms with Gasteiger partial charge in [-0.25, -0.2) is 0 Å². The third-order valence-electron chi connectivity index (χ3n) is 4.38. The van der Waals surface area contributed by atoms with E-state index in [1.54, 1.807) is 41.3 Å². The summed E-state index contributed by atoms with van der Waals surface area (Å²) in [6.07, 6.45) is 0.442. The molecule has 2 heterocycles. The van der Waals surface area contributed by atoms with Gasteiger partial charge < -0.3 is 9.42 Å². The molecule has 0 atom stereocenters. The topological polar surface area (TPSA) is 63.4 Å². The zero-order valence-corrected chi connectivity index (χ0v) is 14.6. The summed E-state index contributed by atoms with van der Waals surface area (Å²) in [6, 6.07) is 16.1. The summed E-state index contributed by atoms with van der Waals surface area (Å²) in [4.78, 5) is 26.4. The van der Waals surface area contributed by atoms with Crippen molar-refractivity contribution < 1.29 is 14.1 Å². The average Bonchev–Trinajstić information content (AvgIpc) is 3.11.